The third-order valence-corrected chi connectivity index (χ3v) is 6.38. The maximum Gasteiger partial charge on any atom is 0.254 e. The van der Waals surface area contributed by atoms with Crippen molar-refractivity contribution in [3.63, 3.8) is 0 Å². The minimum Gasteiger partial charge on any atom is -0.368 e. The summed E-state index contributed by atoms with van der Waals surface area (Å²) in [5.41, 5.74) is 1.67. The Balaban J connectivity index is 0.00000256. The van der Waals surface area contributed by atoms with Crippen molar-refractivity contribution in [2.75, 3.05) is 32.7 Å². The average molecular weight is 450 g/mol. The fourth-order valence-electron chi connectivity index (χ4n) is 4.49. The first-order valence-corrected chi connectivity index (χ1v) is 10.8. The number of pyridine rings is 1. The van der Waals surface area contributed by atoms with Crippen molar-refractivity contribution >= 4 is 29.9 Å². The Kier molecular flexibility index (Phi) is 7.75. The molecule has 2 fully saturated rings. The molecule has 1 unspecified atom stereocenters. The van der Waals surface area contributed by atoms with E-state index in [0.29, 0.717) is 13.1 Å². The normalized spacial score (nSPS) is 21.3. The summed E-state index contributed by atoms with van der Waals surface area (Å²) in [4.78, 5) is 21.5. The van der Waals surface area contributed by atoms with E-state index in [-0.39, 0.29) is 30.0 Å². The van der Waals surface area contributed by atoms with Gasteiger partial charge in [-0.2, -0.15) is 0 Å². The number of piperidine rings is 1. The van der Waals surface area contributed by atoms with Crippen LogP contribution in [0.5, 0.6) is 0 Å². The molecule has 0 aliphatic carbocycles. The van der Waals surface area contributed by atoms with Crippen LogP contribution in [0.3, 0.4) is 0 Å². The molecule has 162 valence electrons. The van der Waals surface area contributed by atoms with Gasteiger partial charge in [0.15, 0.2) is 0 Å². The van der Waals surface area contributed by atoms with Gasteiger partial charge in [-0.3, -0.25) is 9.78 Å². The van der Waals surface area contributed by atoms with E-state index in [1.54, 1.807) is 12.4 Å². The van der Waals surface area contributed by atoms with Crippen LogP contribution in [-0.2, 0) is 11.2 Å². The van der Waals surface area contributed by atoms with Crippen molar-refractivity contribution in [1.29, 1.82) is 0 Å². The van der Waals surface area contributed by atoms with Gasteiger partial charge < -0.3 is 14.5 Å². The summed E-state index contributed by atoms with van der Waals surface area (Å²) in [6.07, 6.45) is 6.36. The van der Waals surface area contributed by atoms with Crippen molar-refractivity contribution < 1.29 is 9.53 Å². The highest BCUT2D eigenvalue weighted by atomic mass is 35.5. The quantitative estimate of drug-likeness (QED) is 0.704. The third kappa shape index (κ3) is 5.33. The number of ether oxygens (including phenoxy) is 1. The summed E-state index contributed by atoms with van der Waals surface area (Å²) in [7, 11) is 0. The van der Waals surface area contributed by atoms with Crippen LogP contribution in [0.25, 0.3) is 0 Å². The SMILES string of the molecule is CC1CN(C(=O)c2ccccc2)CC2(CCN(CCc3ccncc3Cl)CC2)O1.Cl. The lowest BCUT2D eigenvalue weighted by molar-refractivity contribution is -0.161. The van der Waals surface area contributed by atoms with Gasteiger partial charge in [0.05, 0.1) is 23.3 Å². The molecule has 0 bridgehead atoms. The van der Waals surface area contributed by atoms with E-state index >= 15 is 0 Å². The van der Waals surface area contributed by atoms with Crippen LogP contribution < -0.4 is 0 Å². The molecule has 1 amide bonds. The molecular formula is C23H29Cl2N3O2. The van der Waals surface area contributed by atoms with Gasteiger partial charge in [0.2, 0.25) is 0 Å². The smallest absolute Gasteiger partial charge is 0.254 e. The Bertz CT molecular complexity index is 841. The molecule has 2 aliphatic heterocycles. The fourth-order valence-corrected chi connectivity index (χ4v) is 4.70. The summed E-state index contributed by atoms with van der Waals surface area (Å²) in [5, 5.41) is 0.737. The van der Waals surface area contributed by atoms with Crippen LogP contribution >= 0.6 is 24.0 Å². The van der Waals surface area contributed by atoms with Gasteiger partial charge in [0, 0.05) is 44.1 Å². The van der Waals surface area contributed by atoms with Crippen LogP contribution in [0, 0.1) is 0 Å². The summed E-state index contributed by atoms with van der Waals surface area (Å²) in [5.74, 6) is 0.106. The van der Waals surface area contributed by atoms with Gasteiger partial charge >= 0.3 is 0 Å². The first kappa shape index (κ1) is 23.0. The van der Waals surface area contributed by atoms with Crippen molar-refractivity contribution in [1.82, 2.24) is 14.8 Å². The molecule has 2 saturated heterocycles. The monoisotopic (exact) mass is 449 g/mol. The molecule has 7 heteroatoms. The standard InChI is InChI=1S/C23H28ClN3O2.ClH/c1-18-16-27(22(28)20-5-3-2-4-6-20)17-23(29-18)9-13-26(14-10-23)12-8-19-7-11-25-15-21(19)24;/h2-7,11,15,18H,8-10,12-14,16-17H2,1H3;1H. The van der Waals surface area contributed by atoms with E-state index in [1.165, 1.54) is 0 Å². The van der Waals surface area contributed by atoms with Gasteiger partial charge in [0.25, 0.3) is 5.91 Å². The molecule has 30 heavy (non-hydrogen) atoms. The number of aromatic nitrogens is 1. The average Bonchev–Trinajstić information content (AvgIpc) is 2.74. The zero-order valence-electron chi connectivity index (χ0n) is 17.3. The van der Waals surface area contributed by atoms with E-state index in [4.69, 9.17) is 16.3 Å². The second-order valence-electron chi connectivity index (χ2n) is 8.22. The second kappa shape index (κ2) is 10.1. The first-order valence-electron chi connectivity index (χ1n) is 10.4. The number of likely N-dealkylation sites (tertiary alicyclic amines) is 1. The highest BCUT2D eigenvalue weighted by Crippen LogP contribution is 2.33. The van der Waals surface area contributed by atoms with Crippen molar-refractivity contribution in [3.8, 4) is 0 Å². The Morgan fingerprint density at radius 2 is 1.97 bits per heavy atom. The minimum absolute atomic E-state index is 0. The number of hydrogen-bond donors (Lipinski definition) is 0. The van der Waals surface area contributed by atoms with Gasteiger partial charge in [0.1, 0.15) is 0 Å². The first-order chi connectivity index (χ1) is 14.0. The summed E-state index contributed by atoms with van der Waals surface area (Å²) in [6, 6.07) is 11.5. The van der Waals surface area contributed by atoms with Crippen LogP contribution in [0.15, 0.2) is 48.8 Å². The molecule has 2 aliphatic rings. The number of halogens is 2. The molecule has 3 heterocycles. The van der Waals surface area contributed by atoms with Gasteiger partial charge in [-0.1, -0.05) is 29.8 Å². The number of nitrogens with zero attached hydrogens (tertiary/aromatic N) is 3. The summed E-state index contributed by atoms with van der Waals surface area (Å²) in [6.45, 7) is 6.33. The maximum absolute atomic E-state index is 13.0. The summed E-state index contributed by atoms with van der Waals surface area (Å²) >= 11 is 6.23. The van der Waals surface area contributed by atoms with E-state index in [0.717, 1.165) is 55.0 Å². The Morgan fingerprint density at radius 1 is 1.23 bits per heavy atom. The molecule has 4 rings (SSSR count). The molecule has 0 radical (unpaired) electrons. The molecular weight excluding hydrogens is 421 g/mol. The Labute approximate surface area is 189 Å². The fraction of sp³-hybridized carbons (Fsp3) is 0.478. The zero-order chi connectivity index (χ0) is 20.3. The number of carbonyl (C=O) groups is 1. The Morgan fingerprint density at radius 3 is 2.67 bits per heavy atom. The second-order valence-corrected chi connectivity index (χ2v) is 8.63. The number of hydrogen-bond acceptors (Lipinski definition) is 4. The number of carbonyl (C=O) groups excluding carboxylic acids is 1. The third-order valence-electron chi connectivity index (χ3n) is 6.04. The number of morpholine rings is 1. The maximum atomic E-state index is 13.0. The Hall–Kier alpha value is -1.66. The number of amides is 1. The highest BCUT2D eigenvalue weighted by Gasteiger charge is 2.43. The lowest BCUT2D eigenvalue weighted by Crippen LogP contribution is -2.60. The minimum atomic E-state index is -0.229. The largest absolute Gasteiger partial charge is 0.368 e. The van der Waals surface area contributed by atoms with Gasteiger partial charge in [-0.05, 0) is 49.9 Å². The van der Waals surface area contributed by atoms with Crippen molar-refractivity contribution in [2.45, 2.75) is 37.9 Å². The molecule has 1 atom stereocenters. The number of rotatable bonds is 4. The number of benzene rings is 1. The lowest BCUT2D eigenvalue weighted by atomic mass is 9.88. The molecule has 2 aromatic rings. The van der Waals surface area contributed by atoms with E-state index in [9.17, 15) is 4.79 Å². The van der Waals surface area contributed by atoms with Gasteiger partial charge in [-0.25, -0.2) is 0 Å². The van der Waals surface area contributed by atoms with E-state index in [2.05, 4.69) is 16.8 Å². The molecule has 0 saturated carbocycles. The molecule has 1 aromatic heterocycles. The van der Waals surface area contributed by atoms with Crippen LogP contribution in [0.1, 0.15) is 35.7 Å². The van der Waals surface area contributed by atoms with E-state index in [1.807, 2.05) is 41.3 Å². The summed E-state index contributed by atoms with van der Waals surface area (Å²) < 4.78 is 6.41. The molecule has 1 spiro atoms. The van der Waals surface area contributed by atoms with Crippen LogP contribution in [-0.4, -0.2) is 65.1 Å². The zero-order valence-corrected chi connectivity index (χ0v) is 18.9. The van der Waals surface area contributed by atoms with Crippen LogP contribution in [0.4, 0.5) is 0 Å². The lowest BCUT2D eigenvalue weighted by Gasteiger charge is -2.49. The topological polar surface area (TPSA) is 45.7 Å². The van der Waals surface area contributed by atoms with Crippen LogP contribution in [0.2, 0.25) is 5.02 Å². The molecule has 5 nitrogen and oxygen atoms in total. The van der Waals surface area contributed by atoms with E-state index < -0.39 is 0 Å². The highest BCUT2D eigenvalue weighted by molar-refractivity contribution is 6.31. The molecule has 1 aromatic carbocycles. The van der Waals surface area contributed by atoms with Gasteiger partial charge in [-0.15, -0.1) is 12.4 Å². The van der Waals surface area contributed by atoms with Crippen molar-refractivity contribution in [3.05, 3.63) is 64.9 Å². The predicted octanol–water partition coefficient (Wildman–Crippen LogP) is 4.10. The molecule has 0 N–H and O–H groups in total. The predicted molar refractivity (Wildman–Crippen MR) is 121 cm³/mol. The van der Waals surface area contributed by atoms with Crippen molar-refractivity contribution in [2.24, 2.45) is 0 Å².